The highest BCUT2D eigenvalue weighted by Crippen LogP contribution is 2.33. The van der Waals surface area contributed by atoms with E-state index in [0.29, 0.717) is 21.6 Å². The number of aliphatic imine (C=N–C) groups is 1. The van der Waals surface area contributed by atoms with Crippen LogP contribution >= 0.6 is 27.7 Å². The number of carbonyl (C=O) groups is 1. The summed E-state index contributed by atoms with van der Waals surface area (Å²) in [5.41, 5.74) is 1.55. The molecule has 25 heavy (non-hydrogen) atoms. The summed E-state index contributed by atoms with van der Waals surface area (Å²) in [6.07, 6.45) is 1.78. The number of methoxy groups -OCH3 is 2. The van der Waals surface area contributed by atoms with E-state index in [2.05, 4.69) is 26.2 Å². The van der Waals surface area contributed by atoms with Crippen LogP contribution in [0.2, 0.25) is 0 Å². The number of amidine groups is 1. The first-order valence-electron chi connectivity index (χ1n) is 7.37. The number of para-hydroxylation sites is 1. The minimum absolute atomic E-state index is 0.186. The molecule has 1 heterocycles. The highest BCUT2D eigenvalue weighted by atomic mass is 79.9. The zero-order valence-electron chi connectivity index (χ0n) is 13.6. The van der Waals surface area contributed by atoms with Crippen LogP contribution in [0.3, 0.4) is 0 Å². The zero-order chi connectivity index (χ0) is 17.8. The fraction of sp³-hybridized carbons (Fsp3) is 0.111. The first-order valence-corrected chi connectivity index (χ1v) is 8.98. The Labute approximate surface area is 158 Å². The molecule has 5 nitrogen and oxygen atoms in total. The monoisotopic (exact) mass is 418 g/mol. The maximum Gasteiger partial charge on any atom is 0.264 e. The van der Waals surface area contributed by atoms with Gasteiger partial charge in [-0.3, -0.25) is 4.79 Å². The molecule has 2 aromatic carbocycles. The lowest BCUT2D eigenvalue weighted by molar-refractivity contribution is -0.115. The van der Waals surface area contributed by atoms with Gasteiger partial charge in [0.05, 0.1) is 24.8 Å². The maximum atomic E-state index is 12.2. The van der Waals surface area contributed by atoms with Gasteiger partial charge in [0, 0.05) is 16.1 Å². The van der Waals surface area contributed by atoms with Crippen molar-refractivity contribution in [1.82, 2.24) is 5.32 Å². The molecule has 128 valence electrons. The smallest absolute Gasteiger partial charge is 0.264 e. The summed E-state index contributed by atoms with van der Waals surface area (Å²) >= 11 is 4.74. The summed E-state index contributed by atoms with van der Waals surface area (Å²) in [7, 11) is 3.18. The minimum atomic E-state index is -0.186. The molecule has 1 fully saturated rings. The Morgan fingerprint density at radius 1 is 1.16 bits per heavy atom. The number of hydrogen-bond acceptors (Lipinski definition) is 5. The zero-order valence-corrected chi connectivity index (χ0v) is 16.0. The number of halogens is 1. The number of nitrogens with zero attached hydrogens (tertiary/aromatic N) is 1. The first kappa shape index (κ1) is 17.6. The topological polar surface area (TPSA) is 59.9 Å². The molecular weight excluding hydrogens is 404 g/mol. The van der Waals surface area contributed by atoms with Gasteiger partial charge in [0.25, 0.3) is 5.91 Å². The van der Waals surface area contributed by atoms with Gasteiger partial charge in [0.15, 0.2) is 5.17 Å². The lowest BCUT2D eigenvalue weighted by Crippen LogP contribution is -2.19. The summed E-state index contributed by atoms with van der Waals surface area (Å²) in [5.74, 6) is 1.14. The molecule has 1 N–H and O–H groups in total. The average molecular weight is 419 g/mol. The Morgan fingerprint density at radius 2 is 1.96 bits per heavy atom. The van der Waals surface area contributed by atoms with Crippen molar-refractivity contribution in [3.63, 3.8) is 0 Å². The van der Waals surface area contributed by atoms with Crippen LogP contribution in [0, 0.1) is 0 Å². The quantitative estimate of drug-likeness (QED) is 0.749. The first-order chi connectivity index (χ1) is 12.1. The molecule has 1 aliphatic rings. The molecule has 0 unspecified atom stereocenters. The predicted molar refractivity (Wildman–Crippen MR) is 104 cm³/mol. The summed E-state index contributed by atoms with van der Waals surface area (Å²) in [6.45, 7) is 0. The normalized spacial score (nSPS) is 17.0. The SMILES string of the molecule is COc1ccc(/C=C2\SC(=Nc3ccccc3Br)NC2=O)c(OC)c1. The van der Waals surface area contributed by atoms with Crippen molar-refractivity contribution in [2.24, 2.45) is 4.99 Å². The second-order valence-electron chi connectivity index (χ2n) is 5.04. The molecule has 0 atom stereocenters. The van der Waals surface area contributed by atoms with E-state index in [4.69, 9.17) is 9.47 Å². The average Bonchev–Trinajstić information content (AvgIpc) is 2.96. The van der Waals surface area contributed by atoms with E-state index in [1.165, 1.54) is 11.8 Å². The molecule has 0 aromatic heterocycles. The largest absolute Gasteiger partial charge is 0.497 e. The van der Waals surface area contributed by atoms with Crippen molar-refractivity contribution < 1.29 is 14.3 Å². The third kappa shape index (κ3) is 4.05. The standard InChI is InChI=1S/C18H15BrN2O3S/c1-23-12-8-7-11(15(10-12)24-2)9-16-17(22)21-18(25-16)20-14-6-4-3-5-13(14)19/h3-10H,1-2H3,(H,20,21,22)/b16-9-. The number of nitrogens with one attached hydrogen (secondary N) is 1. The second kappa shape index (κ2) is 7.76. The molecule has 0 radical (unpaired) electrons. The van der Waals surface area contributed by atoms with E-state index >= 15 is 0 Å². The van der Waals surface area contributed by atoms with Crippen molar-refractivity contribution in [2.75, 3.05) is 14.2 Å². The molecular formula is C18H15BrN2O3S. The molecule has 1 saturated heterocycles. The van der Waals surface area contributed by atoms with Gasteiger partial charge in [-0.25, -0.2) is 4.99 Å². The van der Waals surface area contributed by atoms with E-state index in [0.717, 1.165) is 15.7 Å². The highest BCUT2D eigenvalue weighted by molar-refractivity contribution is 9.10. The van der Waals surface area contributed by atoms with Crippen LogP contribution in [0.25, 0.3) is 6.08 Å². The Morgan fingerprint density at radius 3 is 2.68 bits per heavy atom. The summed E-state index contributed by atoms with van der Waals surface area (Å²) in [4.78, 5) is 17.3. The van der Waals surface area contributed by atoms with Crippen molar-refractivity contribution in [3.8, 4) is 11.5 Å². The fourth-order valence-electron chi connectivity index (χ4n) is 2.21. The third-order valence-corrected chi connectivity index (χ3v) is 5.03. The van der Waals surface area contributed by atoms with Crippen LogP contribution in [0.15, 0.2) is 56.8 Å². The van der Waals surface area contributed by atoms with E-state index in [1.54, 1.807) is 26.4 Å². The molecule has 1 amide bonds. The van der Waals surface area contributed by atoms with Gasteiger partial charge in [-0.1, -0.05) is 12.1 Å². The number of ether oxygens (including phenoxy) is 2. The van der Waals surface area contributed by atoms with E-state index in [1.807, 2.05) is 36.4 Å². The summed E-state index contributed by atoms with van der Waals surface area (Å²) in [6, 6.07) is 13.0. The number of hydrogen-bond donors (Lipinski definition) is 1. The van der Waals surface area contributed by atoms with Crippen molar-refractivity contribution in [3.05, 3.63) is 57.4 Å². The molecule has 0 saturated carbocycles. The van der Waals surface area contributed by atoms with Gasteiger partial charge in [-0.2, -0.15) is 0 Å². The van der Waals surface area contributed by atoms with Gasteiger partial charge in [-0.15, -0.1) is 0 Å². The van der Waals surface area contributed by atoms with E-state index in [-0.39, 0.29) is 5.91 Å². The Balaban J connectivity index is 1.88. The maximum absolute atomic E-state index is 12.2. The van der Waals surface area contributed by atoms with Gasteiger partial charge < -0.3 is 14.8 Å². The third-order valence-electron chi connectivity index (χ3n) is 3.45. The number of rotatable bonds is 4. The second-order valence-corrected chi connectivity index (χ2v) is 6.93. The Bertz CT molecular complexity index is 880. The van der Waals surface area contributed by atoms with Crippen LogP contribution in [0.5, 0.6) is 11.5 Å². The van der Waals surface area contributed by atoms with Gasteiger partial charge in [0.1, 0.15) is 11.5 Å². The Hall–Kier alpha value is -2.25. The number of amides is 1. The molecule has 3 rings (SSSR count). The molecule has 7 heteroatoms. The van der Waals surface area contributed by atoms with Crippen LogP contribution in [0.4, 0.5) is 5.69 Å². The van der Waals surface area contributed by atoms with Gasteiger partial charge >= 0.3 is 0 Å². The lowest BCUT2D eigenvalue weighted by Gasteiger charge is -2.07. The number of carbonyl (C=O) groups excluding carboxylic acids is 1. The van der Waals surface area contributed by atoms with Crippen molar-refractivity contribution >= 4 is 50.5 Å². The number of thioether (sulfide) groups is 1. The lowest BCUT2D eigenvalue weighted by atomic mass is 10.1. The van der Waals surface area contributed by atoms with Crippen LogP contribution in [0.1, 0.15) is 5.56 Å². The fourth-order valence-corrected chi connectivity index (χ4v) is 3.41. The van der Waals surface area contributed by atoms with Crippen LogP contribution in [-0.4, -0.2) is 25.3 Å². The van der Waals surface area contributed by atoms with Gasteiger partial charge in [-0.05, 0) is 58.0 Å². The van der Waals surface area contributed by atoms with Crippen LogP contribution < -0.4 is 14.8 Å². The van der Waals surface area contributed by atoms with E-state index in [9.17, 15) is 4.79 Å². The molecule has 1 aliphatic heterocycles. The molecule has 2 aromatic rings. The molecule has 0 aliphatic carbocycles. The van der Waals surface area contributed by atoms with Crippen molar-refractivity contribution in [2.45, 2.75) is 0 Å². The Kier molecular flexibility index (Phi) is 5.45. The van der Waals surface area contributed by atoms with Crippen molar-refractivity contribution in [1.29, 1.82) is 0 Å². The van der Waals surface area contributed by atoms with E-state index < -0.39 is 0 Å². The van der Waals surface area contributed by atoms with Gasteiger partial charge in [0.2, 0.25) is 0 Å². The highest BCUT2D eigenvalue weighted by Gasteiger charge is 2.24. The van der Waals surface area contributed by atoms with Crippen LogP contribution in [-0.2, 0) is 4.79 Å². The molecule has 0 spiro atoms. The number of benzene rings is 2. The molecule has 0 bridgehead atoms. The summed E-state index contributed by atoms with van der Waals surface area (Å²) < 4.78 is 11.4. The predicted octanol–water partition coefficient (Wildman–Crippen LogP) is 4.36. The minimum Gasteiger partial charge on any atom is -0.497 e. The summed E-state index contributed by atoms with van der Waals surface area (Å²) in [5, 5.41) is 3.32.